The molecular formula is C26H28O15. The monoisotopic (exact) mass is 580 g/mol. The number of phenolic OH excluding ortho intramolecular Hbond substituents is 3. The number of hydrogen-bond acceptors (Lipinski definition) is 15. The Labute approximate surface area is 230 Å². The molecule has 0 aliphatic carbocycles. The lowest BCUT2D eigenvalue weighted by atomic mass is 9.98. The van der Waals surface area contributed by atoms with Crippen molar-refractivity contribution in [2.45, 2.75) is 48.7 Å². The van der Waals surface area contributed by atoms with Crippen molar-refractivity contribution >= 4 is 11.0 Å². The molecule has 0 saturated carbocycles. The van der Waals surface area contributed by atoms with Crippen LogP contribution < -0.4 is 10.2 Å². The number of hydrogen-bond donors (Lipinski definition) is 9. The maximum Gasteiger partial charge on any atom is 0.239 e. The number of ether oxygens (including phenoxy) is 4. The summed E-state index contributed by atoms with van der Waals surface area (Å²) in [6.07, 6.45) is -12.0. The zero-order valence-corrected chi connectivity index (χ0v) is 21.1. The first-order chi connectivity index (χ1) is 19.5. The summed E-state index contributed by atoms with van der Waals surface area (Å²) in [5.74, 6) is -2.03. The van der Waals surface area contributed by atoms with Crippen LogP contribution in [0.25, 0.3) is 22.3 Å². The van der Waals surface area contributed by atoms with Crippen LogP contribution in [0.4, 0.5) is 0 Å². The van der Waals surface area contributed by atoms with Gasteiger partial charge < -0.3 is 69.3 Å². The van der Waals surface area contributed by atoms with Gasteiger partial charge in [0.05, 0.1) is 19.8 Å². The summed E-state index contributed by atoms with van der Waals surface area (Å²) >= 11 is 0. The number of fused-ring (bicyclic) bond motifs is 1. The molecule has 0 bridgehead atoms. The molecule has 3 aromatic rings. The Morgan fingerprint density at radius 1 is 0.951 bits per heavy atom. The number of aliphatic hydroxyl groups is 6. The Kier molecular flexibility index (Phi) is 7.82. The maximum absolute atomic E-state index is 13.7. The second kappa shape index (κ2) is 11.1. The summed E-state index contributed by atoms with van der Waals surface area (Å²) in [7, 11) is 0. The topological polar surface area (TPSA) is 249 Å². The van der Waals surface area contributed by atoms with E-state index in [0.29, 0.717) is 0 Å². The Morgan fingerprint density at radius 3 is 2.29 bits per heavy atom. The molecule has 0 unspecified atom stereocenters. The minimum Gasteiger partial charge on any atom is -0.508 e. The van der Waals surface area contributed by atoms with E-state index in [4.69, 9.17) is 23.4 Å². The normalized spacial score (nSPS) is 31.9. The van der Waals surface area contributed by atoms with Gasteiger partial charge in [0, 0.05) is 17.7 Å². The van der Waals surface area contributed by atoms with E-state index in [0.717, 1.165) is 12.1 Å². The van der Waals surface area contributed by atoms with Gasteiger partial charge in [-0.3, -0.25) is 4.79 Å². The van der Waals surface area contributed by atoms with Crippen LogP contribution in [-0.4, -0.2) is 114 Å². The summed E-state index contributed by atoms with van der Waals surface area (Å²) in [5, 5.41) is 90.9. The fourth-order valence-electron chi connectivity index (χ4n) is 4.65. The average Bonchev–Trinajstić information content (AvgIpc) is 3.22. The lowest BCUT2D eigenvalue weighted by Gasteiger charge is -2.42. The average molecular weight is 580 g/mol. The second-order valence-electron chi connectivity index (χ2n) is 9.79. The van der Waals surface area contributed by atoms with Gasteiger partial charge in [-0.25, -0.2) is 0 Å². The molecule has 15 heteroatoms. The quantitative estimate of drug-likeness (QED) is 0.150. The van der Waals surface area contributed by atoms with E-state index in [1.807, 2.05) is 0 Å². The lowest BCUT2D eigenvalue weighted by molar-refractivity contribution is -0.319. The van der Waals surface area contributed by atoms with E-state index in [9.17, 15) is 50.8 Å². The predicted octanol–water partition coefficient (Wildman–Crippen LogP) is -1.78. The molecule has 9 N–H and O–H groups in total. The van der Waals surface area contributed by atoms with E-state index >= 15 is 0 Å². The van der Waals surface area contributed by atoms with Gasteiger partial charge in [-0.15, -0.1) is 0 Å². The van der Waals surface area contributed by atoms with Gasteiger partial charge in [-0.2, -0.15) is 0 Å². The largest absolute Gasteiger partial charge is 0.508 e. The molecule has 222 valence electrons. The number of benzene rings is 2. The van der Waals surface area contributed by atoms with Crippen LogP contribution in [0.15, 0.2) is 45.6 Å². The zero-order chi connectivity index (χ0) is 29.6. The van der Waals surface area contributed by atoms with Crippen LogP contribution in [0.1, 0.15) is 0 Å². The Hall–Kier alpha value is -3.51. The molecule has 2 aliphatic heterocycles. The Bertz CT molecular complexity index is 1460. The molecule has 1 aromatic heterocycles. The number of aliphatic hydroxyl groups excluding tert-OH is 5. The van der Waals surface area contributed by atoms with Crippen molar-refractivity contribution in [2.75, 3.05) is 19.8 Å². The standard InChI is InChI=1S/C26H28O15/c27-7-15-17(32)19(34)22(41-25-23(35)26(36,8-28)9-37-25)24(39-15)40-21-18(33)16-13(31)5-12(30)6-14(16)38-20(21)10-1-3-11(29)4-2-10/h1-6,15,17,19,22-25,27-32,34-36H,7-9H2/t15-,17-,19+,22-,23-,24+,25+,26+/m1/s1. The summed E-state index contributed by atoms with van der Waals surface area (Å²) in [6, 6.07) is 7.30. The zero-order valence-electron chi connectivity index (χ0n) is 21.1. The highest BCUT2D eigenvalue weighted by Crippen LogP contribution is 2.38. The van der Waals surface area contributed by atoms with Gasteiger partial charge in [0.2, 0.25) is 17.5 Å². The van der Waals surface area contributed by atoms with Gasteiger partial charge in [0.15, 0.2) is 18.2 Å². The van der Waals surface area contributed by atoms with E-state index in [1.54, 1.807) is 0 Å². The number of rotatable bonds is 7. The lowest BCUT2D eigenvalue weighted by Crippen LogP contribution is -2.62. The molecular weight excluding hydrogens is 552 g/mol. The van der Waals surface area contributed by atoms with Crippen LogP contribution in [0, 0.1) is 0 Å². The molecule has 0 radical (unpaired) electrons. The van der Waals surface area contributed by atoms with E-state index < -0.39 is 96.6 Å². The molecule has 15 nitrogen and oxygen atoms in total. The first-order valence-corrected chi connectivity index (χ1v) is 12.4. The molecule has 0 amide bonds. The van der Waals surface area contributed by atoms with E-state index in [1.165, 1.54) is 24.3 Å². The van der Waals surface area contributed by atoms with E-state index in [2.05, 4.69) is 0 Å². The molecule has 3 heterocycles. The fraction of sp³-hybridized carbons (Fsp3) is 0.423. The highest BCUT2D eigenvalue weighted by atomic mass is 16.8. The highest BCUT2D eigenvalue weighted by Gasteiger charge is 2.53. The van der Waals surface area contributed by atoms with Crippen molar-refractivity contribution in [1.29, 1.82) is 0 Å². The predicted molar refractivity (Wildman–Crippen MR) is 134 cm³/mol. The van der Waals surface area contributed by atoms with Gasteiger partial charge >= 0.3 is 0 Å². The second-order valence-corrected chi connectivity index (χ2v) is 9.79. The van der Waals surface area contributed by atoms with Crippen LogP contribution in [0.5, 0.6) is 23.0 Å². The van der Waals surface area contributed by atoms with Crippen LogP contribution in [0.3, 0.4) is 0 Å². The van der Waals surface area contributed by atoms with Crippen LogP contribution in [-0.2, 0) is 14.2 Å². The molecule has 2 aliphatic rings. The Morgan fingerprint density at radius 2 is 1.66 bits per heavy atom. The van der Waals surface area contributed by atoms with Crippen molar-refractivity contribution < 1.29 is 69.3 Å². The summed E-state index contributed by atoms with van der Waals surface area (Å²) in [4.78, 5) is 13.7. The minimum atomic E-state index is -2.09. The van der Waals surface area contributed by atoms with Gasteiger partial charge in [-0.1, -0.05) is 0 Å². The van der Waals surface area contributed by atoms with Crippen molar-refractivity contribution in [2.24, 2.45) is 0 Å². The Balaban J connectivity index is 1.60. The van der Waals surface area contributed by atoms with Crippen molar-refractivity contribution in [1.82, 2.24) is 0 Å². The van der Waals surface area contributed by atoms with Crippen molar-refractivity contribution in [3.63, 3.8) is 0 Å². The number of phenols is 3. The summed E-state index contributed by atoms with van der Waals surface area (Å²) in [6.45, 7) is -2.23. The summed E-state index contributed by atoms with van der Waals surface area (Å²) < 4.78 is 28.1. The number of aromatic hydroxyl groups is 3. The van der Waals surface area contributed by atoms with Crippen molar-refractivity contribution in [3.8, 4) is 34.3 Å². The van der Waals surface area contributed by atoms with Gasteiger partial charge in [-0.05, 0) is 24.3 Å². The first kappa shape index (κ1) is 29.0. The minimum absolute atomic E-state index is 0.112. The van der Waals surface area contributed by atoms with Crippen LogP contribution >= 0.6 is 0 Å². The molecule has 41 heavy (non-hydrogen) atoms. The van der Waals surface area contributed by atoms with Crippen molar-refractivity contribution in [3.05, 3.63) is 46.6 Å². The summed E-state index contributed by atoms with van der Waals surface area (Å²) in [5.41, 5.74) is -3.09. The third kappa shape index (κ3) is 5.19. The molecule has 0 spiro atoms. The maximum atomic E-state index is 13.7. The highest BCUT2D eigenvalue weighted by molar-refractivity contribution is 5.88. The molecule has 2 saturated heterocycles. The first-order valence-electron chi connectivity index (χ1n) is 12.4. The third-order valence-electron chi connectivity index (χ3n) is 6.98. The van der Waals surface area contributed by atoms with Gasteiger partial charge in [0.1, 0.15) is 58.2 Å². The fourth-order valence-corrected chi connectivity index (χ4v) is 4.65. The SMILES string of the molecule is O=c1c(O[C@@H]2O[C@H](CO)[C@@H](O)[C@H](O)[C@H]2O[C@@H]2OC[C@@](O)(CO)[C@@H]2O)c(-c2ccc(O)cc2)oc2cc(O)cc(O)c12. The molecule has 8 atom stereocenters. The smallest absolute Gasteiger partial charge is 0.239 e. The molecule has 2 aromatic carbocycles. The molecule has 2 fully saturated rings. The third-order valence-corrected chi connectivity index (χ3v) is 6.98. The molecule has 5 rings (SSSR count). The van der Waals surface area contributed by atoms with Gasteiger partial charge in [0.25, 0.3) is 0 Å². The van der Waals surface area contributed by atoms with Crippen LogP contribution in [0.2, 0.25) is 0 Å². The van der Waals surface area contributed by atoms with E-state index in [-0.39, 0.29) is 22.7 Å².